The van der Waals surface area contributed by atoms with Crippen LogP contribution in [0.1, 0.15) is 12.0 Å². The molecule has 2 N–H and O–H groups in total. The fraction of sp³-hybridized carbons (Fsp3) is 0.281. The quantitative estimate of drug-likeness (QED) is 0.152. The summed E-state index contributed by atoms with van der Waals surface area (Å²) in [6.45, 7) is 4.92. The van der Waals surface area contributed by atoms with E-state index in [1.165, 1.54) is 6.07 Å². The monoisotopic (exact) mass is 638 g/mol. The Bertz CT molecular complexity index is 1640. The van der Waals surface area contributed by atoms with Crippen molar-refractivity contribution in [2.45, 2.75) is 12.8 Å². The van der Waals surface area contributed by atoms with Crippen LogP contribution in [0.4, 0.5) is 10.1 Å². The second kappa shape index (κ2) is 15.1. The van der Waals surface area contributed by atoms with E-state index < -0.39 is 11.7 Å². The topological polar surface area (TPSA) is 94.2 Å². The van der Waals surface area contributed by atoms with Crippen LogP contribution in [-0.2, 0) is 16.0 Å². The van der Waals surface area contributed by atoms with Crippen molar-refractivity contribution in [1.82, 2.24) is 15.2 Å². The van der Waals surface area contributed by atoms with E-state index in [1.54, 1.807) is 55.8 Å². The normalized spacial score (nSPS) is 13.3. The summed E-state index contributed by atoms with van der Waals surface area (Å²) >= 11 is 11.8. The maximum atomic E-state index is 13.9. The number of morpholine rings is 1. The number of carbonyl (C=O) groups excluding carboxylic acids is 1. The lowest BCUT2D eigenvalue weighted by molar-refractivity contribution is -0.119. The van der Waals surface area contributed by atoms with Crippen molar-refractivity contribution in [3.63, 3.8) is 0 Å². The van der Waals surface area contributed by atoms with E-state index in [1.807, 2.05) is 12.1 Å². The van der Waals surface area contributed by atoms with E-state index in [-0.39, 0.29) is 17.1 Å². The van der Waals surface area contributed by atoms with Crippen LogP contribution in [0.3, 0.4) is 0 Å². The van der Waals surface area contributed by atoms with Gasteiger partial charge in [-0.05, 0) is 60.6 Å². The van der Waals surface area contributed by atoms with Crippen LogP contribution >= 0.6 is 23.8 Å². The van der Waals surface area contributed by atoms with E-state index in [0.717, 1.165) is 44.7 Å². The largest absolute Gasteiger partial charge is 0.493 e. The van der Waals surface area contributed by atoms with Crippen molar-refractivity contribution in [3.05, 3.63) is 83.3 Å². The van der Waals surface area contributed by atoms with Gasteiger partial charge >= 0.3 is 0 Å². The second-order valence-electron chi connectivity index (χ2n) is 10.0. The van der Waals surface area contributed by atoms with Crippen molar-refractivity contribution in [1.29, 1.82) is 0 Å². The number of ether oxygens (including phenoxy) is 4. The van der Waals surface area contributed by atoms with Crippen LogP contribution in [0.25, 0.3) is 10.9 Å². The predicted octanol–water partition coefficient (Wildman–Crippen LogP) is 5.99. The van der Waals surface area contributed by atoms with Gasteiger partial charge in [0, 0.05) is 43.0 Å². The summed E-state index contributed by atoms with van der Waals surface area (Å²) in [5.41, 5.74) is 1.49. The summed E-state index contributed by atoms with van der Waals surface area (Å²) in [6, 6.07) is 16.5. The molecule has 0 aliphatic carbocycles. The summed E-state index contributed by atoms with van der Waals surface area (Å²) in [5, 5.41) is 6.56. The van der Waals surface area contributed by atoms with Crippen LogP contribution in [-0.4, -0.2) is 67.5 Å². The zero-order valence-electron chi connectivity index (χ0n) is 24.1. The molecule has 3 aromatic carbocycles. The Balaban J connectivity index is 1.20. The third kappa shape index (κ3) is 8.32. The molecule has 4 aromatic rings. The molecular weight excluding hydrogens is 607 g/mol. The van der Waals surface area contributed by atoms with E-state index in [4.69, 9.17) is 42.8 Å². The minimum absolute atomic E-state index is 0.0578. The summed E-state index contributed by atoms with van der Waals surface area (Å²) < 4.78 is 37.1. The molecule has 230 valence electrons. The number of aromatic nitrogens is 1. The van der Waals surface area contributed by atoms with Gasteiger partial charge < -0.3 is 29.6 Å². The zero-order chi connectivity index (χ0) is 30.9. The Morgan fingerprint density at radius 3 is 2.66 bits per heavy atom. The Labute approximate surface area is 265 Å². The van der Waals surface area contributed by atoms with Gasteiger partial charge in [0.05, 0.1) is 43.9 Å². The van der Waals surface area contributed by atoms with E-state index >= 15 is 0 Å². The van der Waals surface area contributed by atoms with Crippen LogP contribution in [0.2, 0.25) is 5.02 Å². The molecule has 0 bridgehead atoms. The molecule has 0 unspecified atom stereocenters. The van der Waals surface area contributed by atoms with Gasteiger partial charge in [0.1, 0.15) is 17.3 Å². The van der Waals surface area contributed by atoms with Gasteiger partial charge in [-0.2, -0.15) is 0 Å². The van der Waals surface area contributed by atoms with Crippen LogP contribution < -0.4 is 24.8 Å². The second-order valence-corrected chi connectivity index (χ2v) is 10.8. The third-order valence-electron chi connectivity index (χ3n) is 6.94. The molecule has 1 amide bonds. The Kier molecular flexibility index (Phi) is 10.8. The van der Waals surface area contributed by atoms with Crippen molar-refractivity contribution in [2.75, 3.05) is 51.9 Å². The number of anilines is 1. The highest BCUT2D eigenvalue weighted by molar-refractivity contribution is 7.80. The minimum Gasteiger partial charge on any atom is -0.493 e. The zero-order valence-corrected chi connectivity index (χ0v) is 25.7. The highest BCUT2D eigenvalue weighted by atomic mass is 35.5. The summed E-state index contributed by atoms with van der Waals surface area (Å²) in [4.78, 5) is 19.2. The van der Waals surface area contributed by atoms with Crippen molar-refractivity contribution in [3.8, 4) is 23.0 Å². The van der Waals surface area contributed by atoms with Crippen molar-refractivity contribution >= 4 is 51.4 Å². The summed E-state index contributed by atoms with van der Waals surface area (Å²) in [6.07, 6.45) is 2.39. The first kappa shape index (κ1) is 31.4. The SMILES string of the molecule is COc1cc2c(Oc3ccc(NC(=S)NC(=O)Cc4ccccc4F)cc3Cl)ccnc2cc1OCCCN1CCOCC1. The van der Waals surface area contributed by atoms with Crippen LogP contribution in [0, 0.1) is 5.82 Å². The van der Waals surface area contributed by atoms with Gasteiger partial charge in [-0.25, -0.2) is 4.39 Å². The molecule has 0 radical (unpaired) electrons. The number of carbonyl (C=O) groups is 1. The van der Waals surface area contributed by atoms with E-state index in [9.17, 15) is 9.18 Å². The van der Waals surface area contributed by atoms with Gasteiger partial charge in [-0.3, -0.25) is 14.7 Å². The number of hydrogen-bond donors (Lipinski definition) is 2. The van der Waals surface area contributed by atoms with Crippen molar-refractivity contribution in [2.24, 2.45) is 0 Å². The smallest absolute Gasteiger partial charge is 0.230 e. The lowest BCUT2D eigenvalue weighted by Gasteiger charge is -2.26. The minimum atomic E-state index is -0.451. The van der Waals surface area contributed by atoms with E-state index in [2.05, 4.69) is 20.5 Å². The maximum Gasteiger partial charge on any atom is 0.230 e. The fourth-order valence-electron chi connectivity index (χ4n) is 4.71. The Morgan fingerprint density at radius 1 is 1.07 bits per heavy atom. The number of rotatable bonds is 11. The first-order valence-electron chi connectivity index (χ1n) is 14.1. The van der Waals surface area contributed by atoms with E-state index in [0.29, 0.717) is 45.8 Å². The number of nitrogens with one attached hydrogen (secondary N) is 2. The predicted molar refractivity (Wildman–Crippen MR) is 172 cm³/mol. The summed E-state index contributed by atoms with van der Waals surface area (Å²) in [5.74, 6) is 1.22. The van der Waals surface area contributed by atoms with Gasteiger partial charge in [0.2, 0.25) is 5.91 Å². The van der Waals surface area contributed by atoms with Crippen LogP contribution in [0.5, 0.6) is 23.0 Å². The molecule has 0 saturated carbocycles. The molecule has 1 aliphatic rings. The van der Waals surface area contributed by atoms with Crippen molar-refractivity contribution < 1.29 is 28.1 Å². The van der Waals surface area contributed by atoms with Gasteiger partial charge in [-0.1, -0.05) is 29.8 Å². The number of thiocarbonyl (C=S) groups is 1. The van der Waals surface area contributed by atoms with Gasteiger partial charge in [0.15, 0.2) is 16.6 Å². The molecule has 1 fully saturated rings. The number of benzene rings is 3. The highest BCUT2D eigenvalue weighted by Gasteiger charge is 2.15. The molecule has 9 nitrogen and oxygen atoms in total. The average Bonchev–Trinajstić information content (AvgIpc) is 3.02. The number of pyridine rings is 1. The first-order valence-corrected chi connectivity index (χ1v) is 14.9. The lowest BCUT2D eigenvalue weighted by Crippen LogP contribution is -2.37. The Hall–Kier alpha value is -4.03. The first-order chi connectivity index (χ1) is 21.4. The van der Waals surface area contributed by atoms with Crippen LogP contribution in [0.15, 0.2) is 66.9 Å². The third-order valence-corrected chi connectivity index (χ3v) is 7.44. The molecule has 44 heavy (non-hydrogen) atoms. The molecule has 0 spiro atoms. The fourth-order valence-corrected chi connectivity index (χ4v) is 5.16. The number of fused-ring (bicyclic) bond motifs is 1. The Morgan fingerprint density at radius 2 is 1.89 bits per heavy atom. The molecule has 12 heteroatoms. The number of nitrogens with zero attached hydrogens (tertiary/aromatic N) is 2. The summed E-state index contributed by atoms with van der Waals surface area (Å²) in [7, 11) is 1.59. The van der Waals surface area contributed by atoms with Gasteiger partial charge in [-0.15, -0.1) is 0 Å². The molecule has 1 aromatic heterocycles. The number of methoxy groups -OCH3 is 1. The average molecular weight is 639 g/mol. The molecule has 0 atom stereocenters. The molecule has 2 heterocycles. The highest BCUT2D eigenvalue weighted by Crippen LogP contribution is 2.39. The molecular formula is C32H32ClFN4O5S. The molecule has 1 aliphatic heterocycles. The number of halogens is 2. The number of hydrogen-bond acceptors (Lipinski definition) is 8. The maximum absolute atomic E-state index is 13.9. The molecule has 5 rings (SSSR count). The molecule has 1 saturated heterocycles. The standard InChI is InChI=1S/C32H32ClFN4O5S/c1-40-29-19-23-26(20-30(29)42-14-4-11-38-12-15-41-16-13-38)35-10-9-27(23)43-28-8-7-22(18-24(28)33)36-32(44)37-31(39)17-21-5-2-3-6-25(21)34/h2-3,5-10,18-20H,4,11-17H2,1H3,(H2,36,37,39,44). The number of amides is 1. The van der Waals surface area contributed by atoms with Gasteiger partial charge in [0.25, 0.3) is 0 Å². The lowest BCUT2D eigenvalue weighted by atomic mass is 10.1.